The molecule has 0 unspecified atom stereocenters. The maximum atomic E-state index is 13.2. The van der Waals surface area contributed by atoms with Gasteiger partial charge in [0.15, 0.2) is 6.61 Å². The molecule has 0 spiro atoms. The fourth-order valence-corrected chi connectivity index (χ4v) is 3.06. The number of halogens is 1. The Bertz CT molecular complexity index is 683. The third-order valence-corrected chi connectivity index (χ3v) is 4.56. The minimum atomic E-state index is -0.400. The maximum absolute atomic E-state index is 13.2. The van der Waals surface area contributed by atoms with Crippen LogP contribution in [-0.2, 0) is 14.3 Å². The summed E-state index contributed by atoms with van der Waals surface area (Å²) in [6.45, 7) is 3.72. The van der Waals surface area contributed by atoms with Crippen molar-refractivity contribution in [3.05, 3.63) is 58.0 Å². The van der Waals surface area contributed by atoms with E-state index in [1.807, 2.05) is 31.4 Å². The highest BCUT2D eigenvalue weighted by molar-refractivity contribution is 7.10. The lowest BCUT2D eigenvalue weighted by Gasteiger charge is -2.18. The lowest BCUT2D eigenvalue weighted by Crippen LogP contribution is -2.32. The number of rotatable bonds is 8. The molecule has 134 valence electrons. The molecule has 0 saturated carbocycles. The molecule has 1 atom stereocenters. The highest BCUT2D eigenvalue weighted by Crippen LogP contribution is 2.26. The van der Waals surface area contributed by atoms with Gasteiger partial charge in [-0.25, -0.2) is 4.39 Å². The van der Waals surface area contributed by atoms with Crippen LogP contribution in [0.25, 0.3) is 0 Å². The monoisotopic (exact) mass is 363 g/mol. The lowest BCUT2D eigenvalue weighted by atomic mass is 10.1. The second kappa shape index (κ2) is 9.32. The Morgan fingerprint density at radius 1 is 1.20 bits per heavy atom. The SMILES string of the molecule is CC(C)CCC(=O)OCC(=O)N[C@@H](c1ccc(F)cc1)c1cccs1. The molecular weight excluding hydrogens is 341 g/mol. The Balaban J connectivity index is 1.96. The number of hydrogen-bond donors (Lipinski definition) is 1. The van der Waals surface area contributed by atoms with Crippen molar-refractivity contribution in [2.75, 3.05) is 6.61 Å². The first-order chi connectivity index (χ1) is 12.0. The summed E-state index contributed by atoms with van der Waals surface area (Å²) < 4.78 is 18.2. The van der Waals surface area contributed by atoms with Gasteiger partial charge in [-0.15, -0.1) is 11.3 Å². The third-order valence-electron chi connectivity index (χ3n) is 3.63. The number of amides is 1. The average Bonchev–Trinajstić information content (AvgIpc) is 3.11. The lowest BCUT2D eigenvalue weighted by molar-refractivity contribution is -0.148. The van der Waals surface area contributed by atoms with Crippen LogP contribution < -0.4 is 5.32 Å². The van der Waals surface area contributed by atoms with Crippen LogP contribution in [0.1, 0.15) is 43.2 Å². The summed E-state index contributed by atoms with van der Waals surface area (Å²) in [5.74, 6) is -0.693. The summed E-state index contributed by atoms with van der Waals surface area (Å²) in [6.07, 6.45) is 1.03. The summed E-state index contributed by atoms with van der Waals surface area (Å²) in [4.78, 5) is 24.7. The molecule has 1 heterocycles. The van der Waals surface area contributed by atoms with Crippen LogP contribution in [0.2, 0.25) is 0 Å². The van der Waals surface area contributed by atoms with E-state index in [1.165, 1.54) is 23.5 Å². The number of benzene rings is 1. The number of esters is 1. The number of ether oxygens (including phenoxy) is 1. The molecule has 0 aliphatic rings. The fraction of sp³-hybridized carbons (Fsp3) is 0.368. The minimum Gasteiger partial charge on any atom is -0.456 e. The predicted molar refractivity (Wildman–Crippen MR) is 95.7 cm³/mol. The Morgan fingerprint density at radius 3 is 2.52 bits per heavy atom. The van der Waals surface area contributed by atoms with E-state index >= 15 is 0 Å². The topological polar surface area (TPSA) is 55.4 Å². The van der Waals surface area contributed by atoms with Gasteiger partial charge in [0.1, 0.15) is 5.82 Å². The van der Waals surface area contributed by atoms with E-state index < -0.39 is 6.04 Å². The van der Waals surface area contributed by atoms with Gasteiger partial charge in [0.25, 0.3) is 5.91 Å². The van der Waals surface area contributed by atoms with E-state index in [1.54, 1.807) is 12.1 Å². The van der Waals surface area contributed by atoms with Gasteiger partial charge in [0.2, 0.25) is 0 Å². The van der Waals surface area contributed by atoms with Gasteiger partial charge in [-0.05, 0) is 41.5 Å². The van der Waals surface area contributed by atoms with Crippen LogP contribution in [0.3, 0.4) is 0 Å². The maximum Gasteiger partial charge on any atom is 0.306 e. The van der Waals surface area contributed by atoms with Gasteiger partial charge in [0, 0.05) is 11.3 Å². The van der Waals surface area contributed by atoms with Gasteiger partial charge in [0.05, 0.1) is 6.04 Å². The Labute approximate surface area is 151 Å². The van der Waals surface area contributed by atoms with Crippen molar-refractivity contribution >= 4 is 23.2 Å². The molecule has 1 aromatic heterocycles. The molecule has 2 aromatic rings. The van der Waals surface area contributed by atoms with E-state index in [2.05, 4.69) is 5.32 Å². The van der Waals surface area contributed by atoms with Crippen LogP contribution in [0.5, 0.6) is 0 Å². The largest absolute Gasteiger partial charge is 0.456 e. The molecule has 4 nitrogen and oxygen atoms in total. The molecular formula is C19H22FNO3S. The van der Waals surface area contributed by atoms with E-state index in [-0.39, 0.29) is 24.3 Å². The molecule has 2 rings (SSSR count). The van der Waals surface area contributed by atoms with Crippen molar-refractivity contribution in [1.29, 1.82) is 0 Å². The molecule has 0 saturated heterocycles. The zero-order valence-corrected chi connectivity index (χ0v) is 15.1. The first-order valence-corrected chi connectivity index (χ1v) is 9.07. The van der Waals surface area contributed by atoms with Crippen molar-refractivity contribution in [1.82, 2.24) is 5.32 Å². The summed E-state index contributed by atoms with van der Waals surface area (Å²) in [6, 6.07) is 9.36. The Hall–Kier alpha value is -2.21. The molecule has 0 bridgehead atoms. The second-order valence-corrected chi connectivity index (χ2v) is 7.14. The average molecular weight is 363 g/mol. The molecule has 6 heteroatoms. The minimum absolute atomic E-state index is 0.303. The molecule has 25 heavy (non-hydrogen) atoms. The first kappa shape index (κ1) is 19.1. The number of nitrogens with one attached hydrogen (secondary N) is 1. The molecule has 1 aromatic carbocycles. The van der Waals surface area contributed by atoms with Crippen molar-refractivity contribution in [3.8, 4) is 0 Å². The first-order valence-electron chi connectivity index (χ1n) is 8.19. The highest BCUT2D eigenvalue weighted by Gasteiger charge is 2.19. The van der Waals surface area contributed by atoms with Gasteiger partial charge in [-0.3, -0.25) is 9.59 Å². The zero-order chi connectivity index (χ0) is 18.2. The summed E-state index contributed by atoms with van der Waals surface area (Å²) in [5.41, 5.74) is 0.767. The predicted octanol–water partition coefficient (Wildman–Crippen LogP) is 4.07. The van der Waals surface area contributed by atoms with Crippen LogP contribution in [-0.4, -0.2) is 18.5 Å². The molecule has 1 amide bonds. The number of thiophene rings is 1. The number of hydrogen-bond acceptors (Lipinski definition) is 4. The second-order valence-electron chi connectivity index (χ2n) is 6.16. The Morgan fingerprint density at radius 2 is 1.92 bits per heavy atom. The van der Waals surface area contributed by atoms with E-state index in [4.69, 9.17) is 4.74 Å². The third kappa shape index (κ3) is 6.31. The highest BCUT2D eigenvalue weighted by atomic mass is 32.1. The smallest absolute Gasteiger partial charge is 0.306 e. The van der Waals surface area contributed by atoms with Crippen LogP contribution in [0, 0.1) is 11.7 Å². The van der Waals surface area contributed by atoms with Crippen molar-refractivity contribution < 1.29 is 18.7 Å². The van der Waals surface area contributed by atoms with E-state index in [0.29, 0.717) is 12.3 Å². The summed E-state index contributed by atoms with van der Waals surface area (Å²) in [5, 5.41) is 4.75. The molecule has 1 N–H and O–H groups in total. The van der Waals surface area contributed by atoms with Crippen molar-refractivity contribution in [2.45, 2.75) is 32.7 Å². The Kier molecular flexibility index (Phi) is 7.13. The number of carbonyl (C=O) groups is 2. The number of carbonyl (C=O) groups excluding carboxylic acids is 2. The van der Waals surface area contributed by atoms with Gasteiger partial charge < -0.3 is 10.1 Å². The molecule has 0 fully saturated rings. The molecule has 0 radical (unpaired) electrons. The van der Waals surface area contributed by atoms with E-state index in [0.717, 1.165) is 16.9 Å². The fourth-order valence-electron chi connectivity index (χ4n) is 2.26. The van der Waals surface area contributed by atoms with Gasteiger partial charge >= 0.3 is 5.97 Å². The van der Waals surface area contributed by atoms with Crippen molar-refractivity contribution in [3.63, 3.8) is 0 Å². The summed E-state index contributed by atoms with van der Waals surface area (Å²) in [7, 11) is 0. The van der Waals surface area contributed by atoms with Gasteiger partial charge in [-0.2, -0.15) is 0 Å². The molecule has 0 aliphatic carbocycles. The van der Waals surface area contributed by atoms with Gasteiger partial charge in [-0.1, -0.05) is 32.0 Å². The standard InChI is InChI=1S/C19H22FNO3S/c1-13(2)5-10-18(23)24-12-17(22)21-19(16-4-3-11-25-16)14-6-8-15(20)9-7-14/h3-4,6-9,11,13,19H,5,10,12H2,1-2H3,(H,21,22)/t19-/m0/s1. The van der Waals surface area contributed by atoms with Crippen LogP contribution in [0.15, 0.2) is 41.8 Å². The normalized spacial score (nSPS) is 12.0. The van der Waals surface area contributed by atoms with E-state index in [9.17, 15) is 14.0 Å². The zero-order valence-electron chi connectivity index (χ0n) is 14.3. The summed E-state index contributed by atoms with van der Waals surface area (Å²) >= 11 is 1.49. The van der Waals surface area contributed by atoms with Crippen LogP contribution >= 0.6 is 11.3 Å². The molecule has 0 aliphatic heterocycles. The van der Waals surface area contributed by atoms with Crippen LogP contribution in [0.4, 0.5) is 4.39 Å². The quantitative estimate of drug-likeness (QED) is 0.719. The van der Waals surface area contributed by atoms with Crippen molar-refractivity contribution in [2.24, 2.45) is 5.92 Å².